The van der Waals surface area contributed by atoms with Crippen LogP contribution >= 0.6 is 0 Å². The summed E-state index contributed by atoms with van der Waals surface area (Å²) in [7, 11) is 0. The number of fused-ring (bicyclic) bond motifs is 18. The Balaban J connectivity index is 0.000000104. The highest BCUT2D eigenvalue weighted by molar-refractivity contribution is 6.15. The molecule has 0 fully saturated rings. The van der Waals surface area contributed by atoms with Crippen molar-refractivity contribution in [3.63, 3.8) is 0 Å². The fraction of sp³-hybridized carbons (Fsp3) is 0. The quantitative estimate of drug-likeness (QED) is 0.144. The molecule has 11 nitrogen and oxygen atoms in total. The highest BCUT2D eigenvalue weighted by Crippen LogP contribution is 2.41. The van der Waals surface area contributed by atoms with Crippen molar-refractivity contribution < 1.29 is 0 Å². The van der Waals surface area contributed by atoms with E-state index in [0.717, 1.165) is 101 Å². The van der Waals surface area contributed by atoms with Crippen molar-refractivity contribution in [2.45, 2.75) is 0 Å². The smallest absolute Gasteiger partial charge is 0.234 e. The van der Waals surface area contributed by atoms with Gasteiger partial charge in [-0.2, -0.15) is 0 Å². The Hall–Kier alpha value is -15.6. The summed E-state index contributed by atoms with van der Waals surface area (Å²) in [6, 6.07) is 132. The van der Waals surface area contributed by atoms with Crippen LogP contribution in [0.5, 0.6) is 0 Å². The molecule has 0 aliphatic rings. The summed E-state index contributed by atoms with van der Waals surface area (Å²) in [5.41, 5.74) is 25.5. The lowest BCUT2D eigenvalue weighted by molar-refractivity contribution is 0.967. The lowest BCUT2D eigenvalue weighted by Gasteiger charge is -2.11. The molecule has 0 aliphatic heterocycles. The topological polar surface area (TPSA) is 94.0 Å². The second-order valence-corrected chi connectivity index (χ2v) is 28.8. The molecule has 0 N–H and O–H groups in total. The second-order valence-electron chi connectivity index (χ2n) is 28.8. The Morgan fingerprint density at radius 2 is 0.333 bits per heavy atom. The number of rotatable bonds is 9. The molecule has 534 valence electrons. The first-order valence-electron chi connectivity index (χ1n) is 38.4. The molecule has 10 heterocycles. The second kappa shape index (κ2) is 27.2. The summed E-state index contributed by atoms with van der Waals surface area (Å²) in [6.07, 6.45) is 9.79. The number of para-hydroxylation sites is 9. The lowest BCUT2D eigenvalue weighted by Crippen LogP contribution is -2.03. The van der Waals surface area contributed by atoms with E-state index in [0.29, 0.717) is 5.95 Å². The molecule has 0 saturated carbocycles. The van der Waals surface area contributed by atoms with Gasteiger partial charge in [-0.1, -0.05) is 255 Å². The van der Waals surface area contributed by atoms with E-state index < -0.39 is 0 Å². The fourth-order valence-corrected chi connectivity index (χ4v) is 17.3. The number of benzene rings is 14. The summed E-state index contributed by atoms with van der Waals surface area (Å²) in [5, 5.41) is 14.7. The monoisotopic (exact) mass is 1460 g/mol. The van der Waals surface area contributed by atoms with E-state index in [2.05, 4.69) is 373 Å². The normalized spacial score (nSPS) is 11.7. The van der Waals surface area contributed by atoms with E-state index >= 15 is 0 Å². The highest BCUT2D eigenvalue weighted by atomic mass is 15.2. The molecule has 0 unspecified atom stereocenters. The first-order chi connectivity index (χ1) is 56.6. The molecule has 11 heteroatoms. The molecule has 24 aromatic rings. The van der Waals surface area contributed by atoms with Crippen molar-refractivity contribution in [2.24, 2.45) is 0 Å². The lowest BCUT2D eigenvalue weighted by atomic mass is 10.1. The van der Waals surface area contributed by atoms with Crippen LogP contribution in [-0.2, 0) is 0 Å². The summed E-state index contributed by atoms with van der Waals surface area (Å²) in [5.74, 6) is 0.649. The van der Waals surface area contributed by atoms with Crippen LogP contribution in [0, 0.1) is 0 Å². The molecule has 14 aromatic carbocycles. The molecule has 10 aromatic heterocycles. The summed E-state index contributed by atoms with van der Waals surface area (Å²) in [6.45, 7) is 0. The van der Waals surface area contributed by atoms with Crippen molar-refractivity contribution in [1.82, 2.24) is 52.3 Å². The summed E-state index contributed by atoms with van der Waals surface area (Å²) >= 11 is 0. The molecule has 0 amide bonds. The minimum absolute atomic E-state index is 0.649. The first-order valence-corrected chi connectivity index (χ1v) is 38.4. The van der Waals surface area contributed by atoms with Gasteiger partial charge in [-0.15, -0.1) is 0 Å². The molecule has 0 spiro atoms. The van der Waals surface area contributed by atoms with Crippen molar-refractivity contribution in [1.29, 1.82) is 0 Å². The van der Waals surface area contributed by atoms with Crippen LogP contribution in [0.1, 0.15) is 0 Å². The third-order valence-electron chi connectivity index (χ3n) is 22.4. The van der Waals surface area contributed by atoms with Crippen LogP contribution in [0.4, 0.5) is 0 Å². The minimum atomic E-state index is 0.649. The maximum Gasteiger partial charge on any atom is 0.234 e. The Morgan fingerprint density at radius 3 is 0.579 bits per heavy atom. The maximum atomic E-state index is 4.87. The third-order valence-corrected chi connectivity index (χ3v) is 22.4. The number of pyridine rings is 3. The maximum absolute atomic E-state index is 4.87. The zero-order valence-electron chi connectivity index (χ0n) is 61.6. The van der Waals surface area contributed by atoms with Gasteiger partial charge in [0.15, 0.2) is 0 Å². The zero-order valence-corrected chi connectivity index (χ0v) is 61.6. The Kier molecular flexibility index (Phi) is 15.6. The van der Waals surface area contributed by atoms with Crippen molar-refractivity contribution in [3.8, 4) is 68.2 Å². The van der Waals surface area contributed by atoms with Crippen LogP contribution in [0.3, 0.4) is 0 Å². The molecule has 0 saturated heterocycles. The van der Waals surface area contributed by atoms with E-state index in [1.165, 1.54) is 92.3 Å². The minimum Gasteiger partial charge on any atom is -0.309 e. The molecule has 0 radical (unpaired) electrons. The molecule has 0 bridgehead atoms. The zero-order chi connectivity index (χ0) is 75.2. The Labute approximate surface area is 654 Å². The standard InChI is InChI=1S/2C35H23N3.C33H21N5/c2*1-2-10-24(11-3-1)31-22-30-29-14-6-9-17-34(29)38(35(30)23-36-31)26-20-18-25(19-21-26)37-32-15-7-4-12-27(32)28-13-5-8-16-33(28)37;1-2-10-22(11-3-1)28-18-27-26-14-6-7-15-29(26)37(32(27)21-34-28)23-19-35-33(36-20-23)38-30-16-8-4-12-24(30)25-13-5-9-17-31(25)38/h2*1-23H;1-21H. The van der Waals surface area contributed by atoms with Gasteiger partial charge in [0.25, 0.3) is 0 Å². The van der Waals surface area contributed by atoms with Crippen molar-refractivity contribution in [3.05, 3.63) is 407 Å². The van der Waals surface area contributed by atoms with Crippen molar-refractivity contribution in [2.75, 3.05) is 0 Å². The van der Waals surface area contributed by atoms with Gasteiger partial charge in [-0.25, -0.2) is 9.97 Å². The molecular formula is C103H67N11. The van der Waals surface area contributed by atoms with Gasteiger partial charge in [-0.05, 0) is 121 Å². The van der Waals surface area contributed by atoms with E-state index in [4.69, 9.17) is 24.9 Å². The van der Waals surface area contributed by atoms with Crippen LogP contribution in [0.25, 0.3) is 199 Å². The van der Waals surface area contributed by atoms with Crippen molar-refractivity contribution >= 4 is 131 Å². The third kappa shape index (κ3) is 10.8. The average molecular weight is 1460 g/mol. The van der Waals surface area contributed by atoms with Gasteiger partial charge in [0.2, 0.25) is 5.95 Å². The predicted molar refractivity (Wildman–Crippen MR) is 471 cm³/mol. The van der Waals surface area contributed by atoms with Crippen LogP contribution in [0.2, 0.25) is 0 Å². The van der Waals surface area contributed by atoms with Gasteiger partial charge < -0.3 is 22.8 Å². The van der Waals surface area contributed by atoms with E-state index in [1.807, 2.05) is 61.3 Å². The number of hydrogen-bond donors (Lipinski definition) is 0. The van der Waals surface area contributed by atoms with Crippen LogP contribution < -0.4 is 0 Å². The molecular weight excluding hydrogens is 1390 g/mol. The fourth-order valence-electron chi connectivity index (χ4n) is 17.3. The van der Waals surface area contributed by atoms with Gasteiger partial charge in [0, 0.05) is 104 Å². The largest absolute Gasteiger partial charge is 0.309 e. The molecule has 24 rings (SSSR count). The first kappa shape index (κ1) is 65.5. The number of aromatic nitrogens is 11. The van der Waals surface area contributed by atoms with Gasteiger partial charge in [-0.3, -0.25) is 19.5 Å². The van der Waals surface area contributed by atoms with Gasteiger partial charge in [0.1, 0.15) is 0 Å². The summed E-state index contributed by atoms with van der Waals surface area (Å²) in [4.78, 5) is 24.3. The van der Waals surface area contributed by atoms with Crippen LogP contribution in [0.15, 0.2) is 407 Å². The molecule has 114 heavy (non-hydrogen) atoms. The van der Waals surface area contributed by atoms with Gasteiger partial charge in [0.05, 0.1) is 120 Å². The Bertz CT molecular complexity index is 6920. The molecule has 0 atom stereocenters. The summed E-state index contributed by atoms with van der Waals surface area (Å²) < 4.78 is 13.7. The number of nitrogens with zero attached hydrogens (tertiary/aromatic N) is 11. The highest BCUT2D eigenvalue weighted by Gasteiger charge is 2.22. The van der Waals surface area contributed by atoms with E-state index in [1.54, 1.807) is 0 Å². The number of hydrogen-bond acceptors (Lipinski definition) is 5. The van der Waals surface area contributed by atoms with Gasteiger partial charge >= 0.3 is 0 Å². The molecule has 0 aliphatic carbocycles. The average Bonchev–Trinajstić information content (AvgIpc) is 1.51. The van der Waals surface area contributed by atoms with E-state index in [9.17, 15) is 0 Å². The van der Waals surface area contributed by atoms with Crippen LogP contribution in [-0.4, -0.2) is 52.3 Å². The SMILES string of the molecule is c1ccc(-c2cc3c4ccccc4n(-c4ccc(-n5c6ccccc6c6ccccc65)cc4)c3cn2)cc1.c1ccc(-c2cc3c4ccccc4n(-c4ccc(-n5c6ccccc6c6ccccc65)cc4)c3cn2)cc1.c1ccc(-c2cc3c4ccccc4n(-c4cnc(-n5c6ccccc6c6ccccc65)nc4)c3cn2)cc1. The Morgan fingerprint density at radius 1 is 0.140 bits per heavy atom. The van der Waals surface area contributed by atoms with E-state index in [-0.39, 0.29) is 0 Å². The predicted octanol–water partition coefficient (Wildman–Crippen LogP) is 25.6.